The van der Waals surface area contributed by atoms with E-state index in [0.29, 0.717) is 23.0 Å². The first-order valence-electron chi connectivity index (χ1n) is 7.76. The highest BCUT2D eigenvalue weighted by molar-refractivity contribution is 6.30. The minimum atomic E-state index is -0.729. The lowest BCUT2D eigenvalue weighted by atomic mass is 10.2. The number of hydrogen-bond acceptors (Lipinski definition) is 4. The summed E-state index contributed by atoms with van der Waals surface area (Å²) in [6.45, 7) is 2.90. The van der Waals surface area contributed by atoms with Crippen LogP contribution >= 0.6 is 11.6 Å². The largest absolute Gasteiger partial charge is 0.493 e. The van der Waals surface area contributed by atoms with E-state index in [2.05, 4.69) is 9.98 Å². The van der Waals surface area contributed by atoms with Crippen molar-refractivity contribution in [3.8, 4) is 11.6 Å². The van der Waals surface area contributed by atoms with Gasteiger partial charge in [-0.05, 0) is 31.2 Å². The highest BCUT2D eigenvalue weighted by Gasteiger charge is 2.18. The molecule has 0 fully saturated rings. The van der Waals surface area contributed by atoms with Crippen LogP contribution in [0.3, 0.4) is 0 Å². The highest BCUT2D eigenvalue weighted by Crippen LogP contribution is 2.19. The standard InChI is InChI=1S/C17H21ClN4O3/c1-11(19-9-10-22(2,3)4)14-15(23)20-17(25)21(16(14)24)13-7-5-12(18)6-8-13/h5-8H,9-10H2,1-4H3,(H-,19,20,23,24,25)/p+1. The Kier molecular flexibility index (Phi) is 5.49. The molecule has 0 unspecified atom stereocenters. The molecule has 1 aromatic carbocycles. The van der Waals surface area contributed by atoms with Gasteiger partial charge in [-0.3, -0.25) is 14.8 Å². The molecule has 0 spiro atoms. The zero-order chi connectivity index (χ0) is 18.8. The topological polar surface area (TPSA) is 87.4 Å². The maximum Gasteiger partial charge on any atom is 0.335 e. The first-order valence-corrected chi connectivity index (χ1v) is 8.14. The summed E-state index contributed by atoms with van der Waals surface area (Å²) in [4.78, 5) is 30.9. The molecule has 0 amide bonds. The first-order chi connectivity index (χ1) is 11.6. The monoisotopic (exact) mass is 365 g/mol. The summed E-state index contributed by atoms with van der Waals surface area (Å²) >= 11 is 5.85. The normalized spacial score (nSPS) is 12.4. The number of nitrogens with zero attached hydrogens (tertiary/aromatic N) is 3. The number of nitrogens with one attached hydrogen (secondary N) is 1. The van der Waals surface area contributed by atoms with Crippen LogP contribution < -0.4 is 11.2 Å². The van der Waals surface area contributed by atoms with Crippen LogP contribution in [0.2, 0.25) is 5.02 Å². The van der Waals surface area contributed by atoms with Gasteiger partial charge in [0.25, 0.3) is 5.56 Å². The number of aromatic nitrogens is 2. The minimum Gasteiger partial charge on any atom is -0.493 e. The zero-order valence-corrected chi connectivity index (χ0v) is 15.5. The summed E-state index contributed by atoms with van der Waals surface area (Å²) in [6, 6.07) is 6.34. The molecular weight excluding hydrogens is 344 g/mol. The molecule has 2 aromatic rings. The molecule has 1 heterocycles. The van der Waals surface area contributed by atoms with Crippen molar-refractivity contribution in [2.45, 2.75) is 6.92 Å². The lowest BCUT2D eigenvalue weighted by molar-refractivity contribution is -0.868. The number of halogens is 1. The van der Waals surface area contributed by atoms with Gasteiger partial charge < -0.3 is 9.59 Å². The fourth-order valence-corrected chi connectivity index (χ4v) is 2.40. The molecule has 0 atom stereocenters. The molecule has 2 N–H and O–H groups in total. The molecular formula is C17H22ClN4O3+. The Balaban J connectivity index is 2.51. The summed E-state index contributed by atoms with van der Waals surface area (Å²) in [5, 5.41) is 11.0. The van der Waals surface area contributed by atoms with Gasteiger partial charge in [-0.15, -0.1) is 0 Å². The van der Waals surface area contributed by atoms with E-state index in [-0.39, 0.29) is 5.56 Å². The van der Waals surface area contributed by atoms with E-state index in [9.17, 15) is 14.7 Å². The van der Waals surface area contributed by atoms with Gasteiger partial charge in [-0.25, -0.2) is 9.36 Å². The molecule has 25 heavy (non-hydrogen) atoms. The van der Waals surface area contributed by atoms with Gasteiger partial charge in [-0.2, -0.15) is 0 Å². The molecule has 0 aliphatic rings. The Hall–Kier alpha value is -2.38. The maximum atomic E-state index is 12.2. The van der Waals surface area contributed by atoms with Crippen LogP contribution in [-0.4, -0.2) is 59.1 Å². The third-order valence-corrected chi connectivity index (χ3v) is 3.90. The lowest BCUT2D eigenvalue weighted by Crippen LogP contribution is -2.37. The summed E-state index contributed by atoms with van der Waals surface area (Å²) in [7, 11) is 6.11. The number of quaternary nitrogens is 1. The number of benzene rings is 1. The predicted octanol–water partition coefficient (Wildman–Crippen LogP) is 1.40. The van der Waals surface area contributed by atoms with E-state index in [1.807, 2.05) is 21.1 Å². The van der Waals surface area contributed by atoms with E-state index in [0.717, 1.165) is 15.6 Å². The Labute approximate surface area is 150 Å². The number of aromatic amines is 1. The van der Waals surface area contributed by atoms with Gasteiger partial charge in [-0.1, -0.05) is 11.6 Å². The third kappa shape index (κ3) is 4.58. The van der Waals surface area contributed by atoms with E-state index in [1.54, 1.807) is 31.2 Å². The van der Waals surface area contributed by atoms with Crippen LogP contribution in [0.1, 0.15) is 12.5 Å². The van der Waals surface area contributed by atoms with Crippen molar-refractivity contribution in [2.75, 3.05) is 34.2 Å². The number of rotatable bonds is 5. The molecule has 0 saturated heterocycles. The van der Waals surface area contributed by atoms with Crippen LogP contribution in [0.5, 0.6) is 5.88 Å². The fraction of sp³-hybridized carbons (Fsp3) is 0.353. The van der Waals surface area contributed by atoms with Crippen LogP contribution in [-0.2, 0) is 0 Å². The second-order valence-electron chi connectivity index (χ2n) is 6.75. The third-order valence-electron chi connectivity index (χ3n) is 3.65. The van der Waals surface area contributed by atoms with Gasteiger partial charge in [0, 0.05) is 5.02 Å². The van der Waals surface area contributed by atoms with Crippen LogP contribution in [0, 0.1) is 0 Å². The summed E-state index contributed by atoms with van der Waals surface area (Å²) in [5.41, 5.74) is -0.652. The van der Waals surface area contributed by atoms with E-state index >= 15 is 0 Å². The Morgan fingerprint density at radius 1 is 1.24 bits per heavy atom. The summed E-state index contributed by atoms with van der Waals surface area (Å²) in [6.07, 6.45) is 0. The van der Waals surface area contributed by atoms with Gasteiger partial charge in [0.15, 0.2) is 0 Å². The number of aliphatic imine (C=N–C) groups is 1. The van der Waals surface area contributed by atoms with Crippen molar-refractivity contribution in [2.24, 2.45) is 4.99 Å². The summed E-state index contributed by atoms with van der Waals surface area (Å²) in [5.74, 6) is -0.442. The number of hydrogen-bond donors (Lipinski definition) is 2. The fourth-order valence-electron chi connectivity index (χ4n) is 2.28. The molecule has 0 aliphatic carbocycles. The number of likely N-dealkylation sites (N-methyl/N-ethyl adjacent to an activating group) is 1. The van der Waals surface area contributed by atoms with E-state index in [1.165, 1.54) is 0 Å². The van der Waals surface area contributed by atoms with E-state index in [4.69, 9.17) is 11.6 Å². The molecule has 0 bridgehead atoms. The summed E-state index contributed by atoms with van der Waals surface area (Å²) < 4.78 is 1.75. The van der Waals surface area contributed by atoms with Crippen LogP contribution in [0.15, 0.2) is 38.8 Å². The average molecular weight is 366 g/mol. The smallest absolute Gasteiger partial charge is 0.335 e. The number of H-pyrrole nitrogens is 1. The van der Waals surface area contributed by atoms with Crippen molar-refractivity contribution in [1.29, 1.82) is 0 Å². The number of aromatic hydroxyl groups is 1. The van der Waals surface area contributed by atoms with Gasteiger partial charge in [0.1, 0.15) is 5.56 Å². The Bertz CT molecular complexity index is 905. The van der Waals surface area contributed by atoms with Crippen LogP contribution in [0.4, 0.5) is 0 Å². The van der Waals surface area contributed by atoms with Crippen molar-refractivity contribution in [1.82, 2.24) is 9.55 Å². The van der Waals surface area contributed by atoms with Crippen molar-refractivity contribution in [3.05, 3.63) is 55.7 Å². The molecule has 0 aliphatic heterocycles. The van der Waals surface area contributed by atoms with Crippen molar-refractivity contribution in [3.63, 3.8) is 0 Å². The lowest BCUT2D eigenvalue weighted by Gasteiger charge is -2.22. The minimum absolute atomic E-state index is 0.0176. The molecule has 2 rings (SSSR count). The van der Waals surface area contributed by atoms with Crippen LogP contribution in [0.25, 0.3) is 5.69 Å². The maximum absolute atomic E-state index is 12.2. The van der Waals surface area contributed by atoms with Gasteiger partial charge in [0.2, 0.25) is 5.88 Å². The molecule has 1 aromatic heterocycles. The Morgan fingerprint density at radius 2 is 1.84 bits per heavy atom. The Morgan fingerprint density at radius 3 is 2.40 bits per heavy atom. The first kappa shape index (κ1) is 19.0. The zero-order valence-electron chi connectivity index (χ0n) is 14.7. The molecule has 0 saturated carbocycles. The second-order valence-corrected chi connectivity index (χ2v) is 7.19. The highest BCUT2D eigenvalue weighted by atomic mass is 35.5. The predicted molar refractivity (Wildman–Crippen MR) is 99.3 cm³/mol. The van der Waals surface area contributed by atoms with E-state index < -0.39 is 17.1 Å². The van der Waals surface area contributed by atoms with Crippen molar-refractivity contribution >= 4 is 17.3 Å². The van der Waals surface area contributed by atoms with Crippen molar-refractivity contribution < 1.29 is 9.59 Å². The molecule has 134 valence electrons. The molecule has 0 radical (unpaired) electrons. The second kappa shape index (κ2) is 7.25. The van der Waals surface area contributed by atoms with Gasteiger partial charge >= 0.3 is 5.69 Å². The van der Waals surface area contributed by atoms with Gasteiger partial charge in [0.05, 0.1) is 45.6 Å². The average Bonchev–Trinajstić information content (AvgIpc) is 2.47. The molecule has 8 heteroatoms. The SMILES string of the molecule is CC(=NCC[N+](C)(C)C)c1c(O)n(-c2ccc(Cl)cc2)c(=O)[nH]c1=O. The molecule has 7 nitrogen and oxygen atoms in total. The quantitative estimate of drug-likeness (QED) is 0.620.